The maximum Gasteiger partial charge on any atom is 0.317 e. The van der Waals surface area contributed by atoms with Crippen LogP contribution in [0.1, 0.15) is 25.3 Å². The number of nitrogens with one attached hydrogen (secondary N) is 2. The highest BCUT2D eigenvalue weighted by Crippen LogP contribution is 2.25. The van der Waals surface area contributed by atoms with E-state index in [1.54, 1.807) is 12.1 Å². The molecule has 0 radical (unpaired) electrons. The average molecular weight is 353 g/mol. The van der Waals surface area contributed by atoms with E-state index in [0.717, 1.165) is 0 Å². The van der Waals surface area contributed by atoms with Gasteiger partial charge in [-0.25, -0.2) is 9.18 Å². The molecule has 0 heterocycles. The lowest BCUT2D eigenvalue weighted by Gasteiger charge is -2.42. The number of hydrogen-bond donors (Lipinski definition) is 3. The number of halogens is 1. The summed E-state index contributed by atoms with van der Waals surface area (Å²) in [5.74, 6) is -0.860. The monoisotopic (exact) mass is 353 g/mol. The predicted octanol–water partition coefficient (Wildman–Crippen LogP) is 1.57. The van der Waals surface area contributed by atoms with Gasteiger partial charge < -0.3 is 20.5 Å². The molecule has 8 heteroatoms. The van der Waals surface area contributed by atoms with Crippen molar-refractivity contribution in [3.8, 4) is 5.75 Å². The third-order valence-corrected chi connectivity index (χ3v) is 4.41. The lowest BCUT2D eigenvalue weighted by Crippen LogP contribution is -2.56. The Morgan fingerprint density at radius 2 is 2.12 bits per heavy atom. The molecule has 0 atom stereocenters. The lowest BCUT2D eigenvalue weighted by molar-refractivity contribution is -0.139. The van der Waals surface area contributed by atoms with Crippen molar-refractivity contribution in [2.24, 2.45) is 0 Å². The average Bonchev–Trinajstić information content (AvgIpc) is 2.54. The lowest BCUT2D eigenvalue weighted by atomic mass is 9.85. The third-order valence-electron chi connectivity index (χ3n) is 4.41. The second-order valence-corrected chi connectivity index (χ2v) is 6.06. The summed E-state index contributed by atoms with van der Waals surface area (Å²) in [5, 5.41) is 14.3. The number of benzene rings is 1. The zero-order valence-corrected chi connectivity index (χ0v) is 14.4. The number of hydrogen-bond acceptors (Lipinski definition) is 4. The molecule has 0 bridgehead atoms. The summed E-state index contributed by atoms with van der Waals surface area (Å²) in [6.45, 7) is 2.67. The molecule has 1 fully saturated rings. The molecular weight excluding hydrogens is 329 g/mol. The number of ether oxygens (including phenoxy) is 1. The van der Waals surface area contributed by atoms with Crippen LogP contribution in [0.5, 0.6) is 5.75 Å². The van der Waals surface area contributed by atoms with E-state index in [4.69, 9.17) is 9.84 Å². The molecular formula is C17H24FN3O4. The number of carboxylic acids is 1. The molecule has 1 aromatic rings. The standard InChI is InChI=1S/C17H24FN3O4/c1-3-21(10-16(22)23)13-6-12(7-13)20-17(24)19-9-11-4-5-14(25-2)8-15(11)18/h4-5,8,12-13H,3,6-7,9-10H2,1-2H3,(H,22,23)(H2,19,20,24). The summed E-state index contributed by atoms with van der Waals surface area (Å²) < 4.78 is 18.7. The molecule has 0 aliphatic heterocycles. The maximum absolute atomic E-state index is 13.8. The molecule has 0 spiro atoms. The molecule has 1 aliphatic rings. The number of urea groups is 1. The minimum Gasteiger partial charge on any atom is -0.497 e. The highest BCUT2D eigenvalue weighted by Gasteiger charge is 2.34. The zero-order chi connectivity index (χ0) is 18.4. The van der Waals surface area contributed by atoms with Gasteiger partial charge in [-0.2, -0.15) is 0 Å². The second-order valence-electron chi connectivity index (χ2n) is 6.06. The molecule has 3 N–H and O–H groups in total. The molecule has 0 saturated heterocycles. The number of methoxy groups -OCH3 is 1. The van der Waals surface area contributed by atoms with Crippen molar-refractivity contribution in [2.75, 3.05) is 20.2 Å². The van der Waals surface area contributed by atoms with Gasteiger partial charge in [-0.15, -0.1) is 0 Å². The smallest absolute Gasteiger partial charge is 0.317 e. The number of carbonyl (C=O) groups is 2. The molecule has 1 aromatic carbocycles. The van der Waals surface area contributed by atoms with Gasteiger partial charge in [0.15, 0.2) is 0 Å². The number of amides is 2. The third kappa shape index (κ3) is 5.32. The quantitative estimate of drug-likeness (QED) is 0.660. The summed E-state index contributed by atoms with van der Waals surface area (Å²) in [6.07, 6.45) is 1.43. The van der Waals surface area contributed by atoms with Crippen LogP contribution in [0.2, 0.25) is 0 Å². The fraction of sp³-hybridized carbons (Fsp3) is 0.529. The van der Waals surface area contributed by atoms with Crippen LogP contribution in [-0.4, -0.2) is 54.3 Å². The van der Waals surface area contributed by atoms with Crippen LogP contribution in [0.4, 0.5) is 9.18 Å². The minimum absolute atomic E-state index is 0.00793. The van der Waals surface area contributed by atoms with E-state index in [0.29, 0.717) is 30.7 Å². The summed E-state index contributed by atoms with van der Waals surface area (Å²) in [6, 6.07) is 4.29. The van der Waals surface area contributed by atoms with Gasteiger partial charge in [0.25, 0.3) is 0 Å². The zero-order valence-electron chi connectivity index (χ0n) is 14.4. The number of carbonyl (C=O) groups excluding carboxylic acids is 1. The Bertz CT molecular complexity index is 620. The van der Waals surface area contributed by atoms with Crippen LogP contribution < -0.4 is 15.4 Å². The largest absolute Gasteiger partial charge is 0.497 e. The molecule has 0 aromatic heterocycles. The first-order valence-electron chi connectivity index (χ1n) is 8.25. The van der Waals surface area contributed by atoms with E-state index in [1.165, 1.54) is 13.2 Å². The molecule has 0 unspecified atom stereocenters. The van der Waals surface area contributed by atoms with Crippen molar-refractivity contribution < 1.29 is 23.8 Å². The van der Waals surface area contributed by atoms with E-state index in [2.05, 4.69) is 10.6 Å². The molecule has 2 amide bonds. The van der Waals surface area contributed by atoms with Gasteiger partial charge in [-0.05, 0) is 25.5 Å². The van der Waals surface area contributed by atoms with Crippen LogP contribution >= 0.6 is 0 Å². The fourth-order valence-electron chi connectivity index (χ4n) is 2.89. The van der Waals surface area contributed by atoms with Gasteiger partial charge in [-0.3, -0.25) is 9.69 Å². The molecule has 7 nitrogen and oxygen atoms in total. The van der Waals surface area contributed by atoms with Crippen molar-refractivity contribution in [3.05, 3.63) is 29.6 Å². The van der Waals surface area contributed by atoms with E-state index in [1.807, 2.05) is 11.8 Å². The van der Waals surface area contributed by atoms with Gasteiger partial charge in [-0.1, -0.05) is 13.0 Å². The number of rotatable bonds is 8. The minimum atomic E-state index is -0.850. The summed E-state index contributed by atoms with van der Waals surface area (Å²) >= 11 is 0. The van der Waals surface area contributed by atoms with E-state index in [-0.39, 0.29) is 31.2 Å². The molecule has 138 valence electrons. The van der Waals surface area contributed by atoms with Crippen LogP contribution in [0.15, 0.2) is 18.2 Å². The van der Waals surface area contributed by atoms with Crippen LogP contribution in [0.25, 0.3) is 0 Å². The van der Waals surface area contributed by atoms with Crippen molar-refractivity contribution in [1.29, 1.82) is 0 Å². The van der Waals surface area contributed by atoms with Crippen LogP contribution in [-0.2, 0) is 11.3 Å². The SMILES string of the molecule is CCN(CC(=O)O)C1CC(NC(=O)NCc2ccc(OC)cc2F)C1. The highest BCUT2D eigenvalue weighted by atomic mass is 19.1. The Hall–Kier alpha value is -2.35. The summed E-state index contributed by atoms with van der Waals surface area (Å²) in [4.78, 5) is 24.6. The summed E-state index contributed by atoms with van der Waals surface area (Å²) in [5.41, 5.74) is 0.376. The summed E-state index contributed by atoms with van der Waals surface area (Å²) in [7, 11) is 1.46. The van der Waals surface area contributed by atoms with E-state index >= 15 is 0 Å². The molecule has 25 heavy (non-hydrogen) atoms. The number of nitrogens with zero attached hydrogens (tertiary/aromatic N) is 1. The Balaban J connectivity index is 1.72. The first-order valence-corrected chi connectivity index (χ1v) is 8.25. The van der Waals surface area contributed by atoms with Crippen molar-refractivity contribution in [1.82, 2.24) is 15.5 Å². The fourth-order valence-corrected chi connectivity index (χ4v) is 2.89. The first kappa shape index (κ1) is 19.0. The topological polar surface area (TPSA) is 90.9 Å². The van der Waals surface area contributed by atoms with Crippen LogP contribution in [0.3, 0.4) is 0 Å². The molecule has 1 aliphatic carbocycles. The Labute approximate surface area is 146 Å². The van der Waals surface area contributed by atoms with Crippen molar-refractivity contribution >= 4 is 12.0 Å². The van der Waals surface area contributed by atoms with E-state index in [9.17, 15) is 14.0 Å². The van der Waals surface area contributed by atoms with Gasteiger partial charge in [0.2, 0.25) is 0 Å². The maximum atomic E-state index is 13.8. The van der Waals surface area contributed by atoms with Crippen molar-refractivity contribution in [2.45, 2.75) is 38.4 Å². The molecule has 2 rings (SSSR count). The Morgan fingerprint density at radius 1 is 1.40 bits per heavy atom. The van der Waals surface area contributed by atoms with Gasteiger partial charge in [0.05, 0.1) is 13.7 Å². The predicted molar refractivity (Wildman–Crippen MR) is 90.0 cm³/mol. The second kappa shape index (κ2) is 8.66. The normalized spacial score (nSPS) is 19.2. The van der Waals surface area contributed by atoms with Gasteiger partial charge >= 0.3 is 12.0 Å². The van der Waals surface area contributed by atoms with Crippen LogP contribution in [0, 0.1) is 5.82 Å². The van der Waals surface area contributed by atoms with Gasteiger partial charge in [0.1, 0.15) is 11.6 Å². The Kier molecular flexibility index (Phi) is 6.58. The number of likely N-dealkylation sites (N-methyl/N-ethyl adjacent to an activating group) is 1. The first-order chi connectivity index (χ1) is 11.9. The van der Waals surface area contributed by atoms with E-state index < -0.39 is 11.8 Å². The highest BCUT2D eigenvalue weighted by molar-refractivity contribution is 5.74. The number of aliphatic carboxylic acids is 1. The molecule has 1 saturated carbocycles. The Morgan fingerprint density at radius 3 is 2.68 bits per heavy atom. The number of carboxylic acid groups (broad SMARTS) is 1. The van der Waals surface area contributed by atoms with Gasteiger partial charge in [0, 0.05) is 30.3 Å². The van der Waals surface area contributed by atoms with Crippen molar-refractivity contribution in [3.63, 3.8) is 0 Å².